The van der Waals surface area contributed by atoms with Gasteiger partial charge in [-0.1, -0.05) is 18.5 Å². The van der Waals surface area contributed by atoms with Gasteiger partial charge in [0, 0.05) is 6.04 Å². The number of amides is 1. The number of pyridine rings is 1. The van der Waals surface area contributed by atoms with Crippen LogP contribution >= 0.6 is 11.6 Å². The average molecular weight is 256 g/mol. The number of nitrogens with one attached hydrogen (secondary N) is 1. The molecule has 1 heterocycles. The number of nitrogens with zero attached hydrogens (tertiary/aromatic N) is 2. The summed E-state index contributed by atoms with van der Waals surface area (Å²) < 4.78 is 0. The van der Waals surface area contributed by atoms with E-state index in [-0.39, 0.29) is 22.4 Å². The van der Waals surface area contributed by atoms with Crippen molar-refractivity contribution in [2.24, 2.45) is 5.92 Å². The maximum absolute atomic E-state index is 11.8. The van der Waals surface area contributed by atoms with Crippen LogP contribution in [0.1, 0.15) is 23.7 Å². The van der Waals surface area contributed by atoms with Crippen LogP contribution in [0.2, 0.25) is 5.15 Å². The molecule has 1 aromatic heterocycles. The molecular formula is C10H10ClN3O3. The van der Waals surface area contributed by atoms with Crippen LogP contribution in [0.3, 0.4) is 0 Å². The number of hydrogen-bond acceptors (Lipinski definition) is 4. The summed E-state index contributed by atoms with van der Waals surface area (Å²) >= 11 is 5.63. The first kappa shape index (κ1) is 11.8. The largest absolute Gasteiger partial charge is 0.349 e. The van der Waals surface area contributed by atoms with Gasteiger partial charge >= 0.3 is 0 Å². The van der Waals surface area contributed by atoms with Crippen molar-refractivity contribution < 1.29 is 9.72 Å². The second-order valence-electron chi connectivity index (χ2n) is 4.07. The quantitative estimate of drug-likeness (QED) is 0.507. The van der Waals surface area contributed by atoms with Crippen molar-refractivity contribution in [1.82, 2.24) is 10.3 Å². The molecule has 1 aliphatic carbocycles. The van der Waals surface area contributed by atoms with E-state index >= 15 is 0 Å². The Morgan fingerprint density at radius 1 is 1.71 bits per heavy atom. The fourth-order valence-electron chi connectivity index (χ4n) is 1.52. The molecule has 1 fully saturated rings. The molecule has 2 rings (SSSR count). The molecule has 0 radical (unpaired) electrons. The molecule has 6 nitrogen and oxygen atoms in total. The first-order valence-electron chi connectivity index (χ1n) is 5.10. The standard InChI is InChI=1S/C10H10ClN3O3/c1-5-2-7(5)13-10(15)6-3-9(11)12-4-8(6)14(16)17/h3-5,7H,2H2,1H3,(H,13,15). The van der Waals surface area contributed by atoms with Crippen LogP contribution in [0.5, 0.6) is 0 Å². The molecule has 1 aromatic rings. The predicted octanol–water partition coefficient (Wildman–Crippen LogP) is 1.78. The summed E-state index contributed by atoms with van der Waals surface area (Å²) in [6, 6.07) is 1.32. The van der Waals surface area contributed by atoms with Crippen molar-refractivity contribution in [3.8, 4) is 0 Å². The average Bonchev–Trinajstić information content (AvgIpc) is 2.93. The predicted molar refractivity (Wildman–Crippen MR) is 60.9 cm³/mol. The minimum Gasteiger partial charge on any atom is -0.349 e. The highest BCUT2D eigenvalue weighted by Gasteiger charge is 2.35. The second-order valence-corrected chi connectivity index (χ2v) is 4.46. The van der Waals surface area contributed by atoms with Crippen molar-refractivity contribution in [2.45, 2.75) is 19.4 Å². The van der Waals surface area contributed by atoms with Gasteiger partial charge in [-0.3, -0.25) is 14.9 Å². The van der Waals surface area contributed by atoms with E-state index in [9.17, 15) is 14.9 Å². The number of halogens is 1. The third-order valence-electron chi connectivity index (χ3n) is 2.72. The van der Waals surface area contributed by atoms with Gasteiger partial charge in [0.1, 0.15) is 16.9 Å². The second kappa shape index (κ2) is 4.29. The van der Waals surface area contributed by atoms with E-state index in [0.29, 0.717) is 5.92 Å². The summed E-state index contributed by atoms with van der Waals surface area (Å²) in [4.78, 5) is 25.5. The molecule has 2 atom stereocenters. The lowest BCUT2D eigenvalue weighted by atomic mass is 10.2. The molecule has 2 unspecified atom stereocenters. The smallest absolute Gasteiger partial charge is 0.300 e. The Labute approximate surface area is 102 Å². The van der Waals surface area contributed by atoms with Gasteiger partial charge in [-0.05, 0) is 18.4 Å². The topological polar surface area (TPSA) is 85.1 Å². The highest BCUT2D eigenvalue weighted by molar-refractivity contribution is 6.29. The molecule has 7 heteroatoms. The van der Waals surface area contributed by atoms with Crippen LogP contribution in [0.25, 0.3) is 0 Å². The Hall–Kier alpha value is -1.69. The molecule has 1 amide bonds. The van der Waals surface area contributed by atoms with Crippen LogP contribution < -0.4 is 5.32 Å². The maximum Gasteiger partial charge on any atom is 0.300 e. The van der Waals surface area contributed by atoms with Crippen molar-refractivity contribution in [1.29, 1.82) is 0 Å². The van der Waals surface area contributed by atoms with Gasteiger partial charge in [-0.15, -0.1) is 0 Å². The number of aromatic nitrogens is 1. The van der Waals surface area contributed by atoms with Crippen LogP contribution in [-0.2, 0) is 0 Å². The molecule has 0 spiro atoms. The Morgan fingerprint density at radius 2 is 2.35 bits per heavy atom. The van der Waals surface area contributed by atoms with Crippen LogP contribution in [0.4, 0.5) is 5.69 Å². The third kappa shape index (κ3) is 2.52. The van der Waals surface area contributed by atoms with Crippen molar-refractivity contribution >= 4 is 23.2 Å². The van der Waals surface area contributed by atoms with E-state index in [4.69, 9.17) is 11.6 Å². The van der Waals surface area contributed by atoms with Crippen LogP contribution in [0.15, 0.2) is 12.3 Å². The summed E-state index contributed by atoms with van der Waals surface area (Å²) in [7, 11) is 0. The van der Waals surface area contributed by atoms with Gasteiger partial charge in [-0.2, -0.15) is 0 Å². The lowest BCUT2D eigenvalue weighted by Gasteiger charge is -2.04. The summed E-state index contributed by atoms with van der Waals surface area (Å²) in [6.07, 6.45) is 1.89. The first-order valence-corrected chi connectivity index (χ1v) is 5.47. The van der Waals surface area contributed by atoms with E-state index in [1.54, 1.807) is 0 Å². The van der Waals surface area contributed by atoms with Gasteiger partial charge in [0.2, 0.25) is 0 Å². The Kier molecular flexibility index (Phi) is 2.97. The van der Waals surface area contributed by atoms with Gasteiger partial charge in [0.05, 0.1) is 4.92 Å². The van der Waals surface area contributed by atoms with Gasteiger partial charge in [-0.25, -0.2) is 4.98 Å². The molecule has 1 aliphatic rings. The minimum absolute atomic E-state index is 0.0471. The summed E-state index contributed by atoms with van der Waals surface area (Å²) in [5, 5.41) is 13.5. The van der Waals surface area contributed by atoms with E-state index in [0.717, 1.165) is 12.6 Å². The normalized spacial score (nSPS) is 22.0. The zero-order valence-electron chi connectivity index (χ0n) is 9.01. The molecule has 1 N–H and O–H groups in total. The van der Waals surface area contributed by atoms with Crippen molar-refractivity contribution in [3.05, 3.63) is 33.1 Å². The summed E-state index contributed by atoms with van der Waals surface area (Å²) in [6.45, 7) is 2.00. The Morgan fingerprint density at radius 3 is 2.88 bits per heavy atom. The molecule has 0 aromatic carbocycles. The Bertz CT molecular complexity index is 492. The molecule has 0 saturated heterocycles. The molecule has 17 heavy (non-hydrogen) atoms. The van der Waals surface area contributed by atoms with Gasteiger partial charge in [0.15, 0.2) is 0 Å². The number of nitro groups is 1. The highest BCUT2D eigenvalue weighted by atomic mass is 35.5. The van der Waals surface area contributed by atoms with E-state index < -0.39 is 10.8 Å². The number of hydrogen-bond donors (Lipinski definition) is 1. The lowest BCUT2D eigenvalue weighted by molar-refractivity contribution is -0.385. The van der Waals surface area contributed by atoms with E-state index in [2.05, 4.69) is 10.3 Å². The third-order valence-corrected chi connectivity index (χ3v) is 2.92. The Balaban J connectivity index is 2.26. The van der Waals surface area contributed by atoms with Gasteiger partial charge < -0.3 is 5.32 Å². The molecule has 90 valence electrons. The first-order chi connectivity index (χ1) is 7.99. The van der Waals surface area contributed by atoms with Crippen molar-refractivity contribution in [2.75, 3.05) is 0 Å². The maximum atomic E-state index is 11.8. The monoisotopic (exact) mass is 255 g/mol. The SMILES string of the molecule is CC1CC1NC(=O)c1cc(Cl)ncc1[N+](=O)[O-]. The van der Waals surface area contributed by atoms with Gasteiger partial charge in [0.25, 0.3) is 11.6 Å². The zero-order chi connectivity index (χ0) is 12.6. The van der Waals surface area contributed by atoms with Crippen molar-refractivity contribution in [3.63, 3.8) is 0 Å². The molecular weight excluding hydrogens is 246 g/mol. The minimum atomic E-state index is -0.644. The number of carbonyl (C=O) groups is 1. The van der Waals surface area contributed by atoms with Crippen LogP contribution in [-0.4, -0.2) is 21.9 Å². The summed E-state index contributed by atoms with van der Waals surface area (Å²) in [5.41, 5.74) is -0.380. The summed E-state index contributed by atoms with van der Waals surface area (Å²) in [5.74, 6) is -0.0503. The van der Waals surface area contributed by atoms with E-state index in [1.165, 1.54) is 6.07 Å². The number of rotatable bonds is 3. The van der Waals surface area contributed by atoms with E-state index in [1.807, 2.05) is 6.92 Å². The molecule has 1 saturated carbocycles. The fraction of sp³-hybridized carbons (Fsp3) is 0.400. The molecule has 0 bridgehead atoms. The highest BCUT2D eigenvalue weighted by Crippen LogP contribution is 2.30. The zero-order valence-corrected chi connectivity index (χ0v) is 9.77. The number of carbonyl (C=O) groups excluding carboxylic acids is 1. The van der Waals surface area contributed by atoms with Crippen LogP contribution in [0, 0.1) is 16.0 Å². The fourth-order valence-corrected chi connectivity index (χ4v) is 1.68. The lowest BCUT2D eigenvalue weighted by Crippen LogP contribution is -2.27. The molecule has 0 aliphatic heterocycles.